The number of carbonyl (C=O) groups excluding carboxylic acids is 2. The molecule has 1 saturated carbocycles. The van der Waals surface area contributed by atoms with Gasteiger partial charge in [-0.3, -0.25) is 9.59 Å². The molecule has 6 heteroatoms. The maximum atomic E-state index is 13.8. The van der Waals surface area contributed by atoms with Crippen molar-refractivity contribution in [3.8, 4) is 0 Å². The summed E-state index contributed by atoms with van der Waals surface area (Å²) in [7, 11) is 0. The van der Waals surface area contributed by atoms with Crippen LogP contribution in [0.4, 0.5) is 0 Å². The van der Waals surface area contributed by atoms with E-state index in [1.54, 1.807) is 11.3 Å². The molecule has 0 radical (unpaired) electrons. The summed E-state index contributed by atoms with van der Waals surface area (Å²) in [5, 5.41) is 5.42. The molecule has 1 aliphatic carbocycles. The minimum Gasteiger partial charge on any atom is -0.351 e. The Morgan fingerprint density at radius 2 is 1.82 bits per heavy atom. The standard InChI is InChI=1S/C27H33N3O2S/c1-27(26(32)28-21-12-8-3-2-4-9-13-21)19-29-22-15-17-33-24(22)18-23(29)25(31)30(27)16-14-20-10-6-5-7-11-20/h5-7,10-11,15,17-18,21H,2-4,8-9,12-14,16,19H2,1H3,(H,28,32)/t27-/m1/s1. The summed E-state index contributed by atoms with van der Waals surface area (Å²) >= 11 is 1.64. The summed E-state index contributed by atoms with van der Waals surface area (Å²) in [4.78, 5) is 29.4. The lowest BCUT2D eigenvalue weighted by atomic mass is 9.91. The van der Waals surface area contributed by atoms with E-state index in [0.29, 0.717) is 18.8 Å². The summed E-state index contributed by atoms with van der Waals surface area (Å²) in [6.45, 7) is 2.97. The van der Waals surface area contributed by atoms with E-state index in [-0.39, 0.29) is 17.9 Å². The summed E-state index contributed by atoms with van der Waals surface area (Å²) in [6.07, 6.45) is 8.90. The first-order valence-corrected chi connectivity index (χ1v) is 13.2. The largest absolute Gasteiger partial charge is 0.351 e. The highest BCUT2D eigenvalue weighted by molar-refractivity contribution is 7.17. The molecule has 3 aromatic rings. The number of hydrogen-bond acceptors (Lipinski definition) is 3. The van der Waals surface area contributed by atoms with Gasteiger partial charge in [0, 0.05) is 12.6 Å². The highest BCUT2D eigenvalue weighted by Gasteiger charge is 2.48. The number of thiophene rings is 1. The average molecular weight is 464 g/mol. The summed E-state index contributed by atoms with van der Waals surface area (Å²) in [5.41, 5.74) is 2.00. The topological polar surface area (TPSA) is 54.3 Å². The van der Waals surface area contributed by atoms with Crippen LogP contribution in [-0.4, -0.2) is 39.4 Å². The zero-order valence-electron chi connectivity index (χ0n) is 19.4. The second-order valence-electron chi connectivity index (χ2n) is 9.77. The van der Waals surface area contributed by atoms with Gasteiger partial charge in [0.05, 0.1) is 16.8 Å². The third-order valence-electron chi connectivity index (χ3n) is 7.45. The van der Waals surface area contributed by atoms with Gasteiger partial charge < -0.3 is 14.8 Å². The smallest absolute Gasteiger partial charge is 0.271 e. The van der Waals surface area contributed by atoms with Crippen molar-refractivity contribution in [2.75, 3.05) is 6.54 Å². The zero-order chi connectivity index (χ0) is 22.8. The lowest BCUT2D eigenvalue weighted by Gasteiger charge is -2.44. The first-order chi connectivity index (χ1) is 16.1. The van der Waals surface area contributed by atoms with Gasteiger partial charge in [0.25, 0.3) is 5.91 Å². The van der Waals surface area contributed by atoms with Crippen LogP contribution in [0.5, 0.6) is 0 Å². The Hall–Kier alpha value is -2.60. The predicted octanol–water partition coefficient (Wildman–Crippen LogP) is 5.39. The van der Waals surface area contributed by atoms with E-state index in [1.165, 1.54) is 24.8 Å². The number of nitrogens with one attached hydrogen (secondary N) is 1. The van der Waals surface area contributed by atoms with Crippen molar-refractivity contribution in [2.24, 2.45) is 0 Å². The number of hydrogen-bond donors (Lipinski definition) is 1. The molecule has 1 N–H and O–H groups in total. The van der Waals surface area contributed by atoms with Crippen LogP contribution in [0.1, 0.15) is 67.9 Å². The third kappa shape index (κ3) is 4.33. The first-order valence-electron chi connectivity index (χ1n) is 12.3. The maximum Gasteiger partial charge on any atom is 0.271 e. The molecule has 0 spiro atoms. The lowest BCUT2D eigenvalue weighted by Crippen LogP contribution is -2.65. The Morgan fingerprint density at radius 1 is 1.09 bits per heavy atom. The fraction of sp³-hybridized carbons (Fsp3) is 0.481. The molecule has 1 aromatic carbocycles. The molecule has 2 aromatic heterocycles. The van der Waals surface area contributed by atoms with E-state index in [0.717, 1.165) is 42.3 Å². The molecule has 1 fully saturated rings. The Bertz CT molecular complexity index is 1130. The molecular formula is C27H33N3O2S. The molecule has 0 bridgehead atoms. The highest BCUT2D eigenvalue weighted by atomic mass is 32.1. The second-order valence-corrected chi connectivity index (χ2v) is 10.7. The first kappa shape index (κ1) is 22.2. The van der Waals surface area contributed by atoms with Crippen LogP contribution >= 0.6 is 11.3 Å². The molecule has 3 heterocycles. The fourth-order valence-electron chi connectivity index (χ4n) is 5.45. The van der Waals surface area contributed by atoms with Gasteiger partial charge in [-0.1, -0.05) is 62.4 Å². The minimum absolute atomic E-state index is 0.0165. The minimum atomic E-state index is -0.922. The molecule has 2 amide bonds. The van der Waals surface area contributed by atoms with E-state index in [1.807, 2.05) is 36.1 Å². The number of aromatic nitrogens is 1. The van der Waals surface area contributed by atoms with Gasteiger partial charge in [0.1, 0.15) is 11.2 Å². The van der Waals surface area contributed by atoms with E-state index in [2.05, 4.69) is 33.5 Å². The van der Waals surface area contributed by atoms with Crippen LogP contribution in [0.2, 0.25) is 0 Å². The van der Waals surface area contributed by atoms with Gasteiger partial charge in [-0.05, 0) is 49.3 Å². The van der Waals surface area contributed by atoms with Gasteiger partial charge in [0.2, 0.25) is 5.91 Å². The van der Waals surface area contributed by atoms with E-state index >= 15 is 0 Å². The van der Waals surface area contributed by atoms with Crippen molar-refractivity contribution in [3.63, 3.8) is 0 Å². The Kier molecular flexibility index (Phi) is 6.28. The van der Waals surface area contributed by atoms with Gasteiger partial charge in [-0.25, -0.2) is 0 Å². The molecule has 33 heavy (non-hydrogen) atoms. The fourth-order valence-corrected chi connectivity index (χ4v) is 6.27. The summed E-state index contributed by atoms with van der Waals surface area (Å²) in [5.74, 6) is -0.0619. The maximum absolute atomic E-state index is 13.8. The number of benzene rings is 1. The molecule has 5 rings (SSSR count). The van der Waals surface area contributed by atoms with Gasteiger partial charge >= 0.3 is 0 Å². The monoisotopic (exact) mass is 463 g/mol. The Morgan fingerprint density at radius 3 is 2.58 bits per heavy atom. The van der Waals surface area contributed by atoms with Crippen molar-refractivity contribution in [3.05, 3.63) is 59.1 Å². The van der Waals surface area contributed by atoms with Gasteiger partial charge in [-0.15, -0.1) is 11.3 Å². The van der Waals surface area contributed by atoms with Crippen molar-refractivity contribution in [1.82, 2.24) is 14.8 Å². The summed E-state index contributed by atoms with van der Waals surface area (Å²) < 4.78 is 3.16. The lowest BCUT2D eigenvalue weighted by molar-refractivity contribution is -0.133. The van der Waals surface area contributed by atoms with Crippen LogP contribution in [0.15, 0.2) is 47.8 Å². The molecule has 1 atom stereocenters. The number of amides is 2. The SMILES string of the molecule is C[C@]1(C(=O)NC2CCCCCCC2)Cn2c(cc3sccc32)C(=O)N1CCc1ccccc1. The average Bonchev–Trinajstić information content (AvgIpc) is 3.38. The summed E-state index contributed by atoms with van der Waals surface area (Å²) in [6, 6.07) is 14.5. The zero-order valence-corrected chi connectivity index (χ0v) is 20.2. The van der Waals surface area contributed by atoms with Gasteiger partial charge in [0.15, 0.2) is 0 Å². The van der Waals surface area contributed by atoms with Gasteiger partial charge in [-0.2, -0.15) is 0 Å². The van der Waals surface area contributed by atoms with Crippen molar-refractivity contribution >= 4 is 33.4 Å². The Balaban J connectivity index is 1.44. The van der Waals surface area contributed by atoms with Crippen LogP contribution in [-0.2, 0) is 17.8 Å². The van der Waals surface area contributed by atoms with E-state index in [9.17, 15) is 9.59 Å². The number of carbonyl (C=O) groups is 2. The van der Waals surface area contributed by atoms with Crippen molar-refractivity contribution in [2.45, 2.75) is 76.4 Å². The quantitative estimate of drug-likeness (QED) is 0.552. The predicted molar refractivity (Wildman–Crippen MR) is 134 cm³/mol. The van der Waals surface area contributed by atoms with Crippen LogP contribution in [0, 0.1) is 0 Å². The second kappa shape index (κ2) is 9.34. The van der Waals surface area contributed by atoms with Crippen LogP contribution in [0.3, 0.4) is 0 Å². The van der Waals surface area contributed by atoms with Crippen molar-refractivity contribution < 1.29 is 9.59 Å². The van der Waals surface area contributed by atoms with E-state index < -0.39 is 5.54 Å². The molecule has 5 nitrogen and oxygen atoms in total. The third-order valence-corrected chi connectivity index (χ3v) is 8.30. The highest BCUT2D eigenvalue weighted by Crippen LogP contribution is 2.34. The molecule has 0 unspecified atom stereocenters. The number of nitrogens with zero attached hydrogens (tertiary/aromatic N) is 2. The number of fused-ring (bicyclic) bond motifs is 3. The van der Waals surface area contributed by atoms with E-state index in [4.69, 9.17) is 0 Å². The Labute approximate surface area is 199 Å². The molecular weight excluding hydrogens is 430 g/mol. The molecule has 174 valence electrons. The van der Waals surface area contributed by atoms with Crippen LogP contribution in [0.25, 0.3) is 10.2 Å². The van der Waals surface area contributed by atoms with Crippen molar-refractivity contribution in [1.29, 1.82) is 0 Å². The molecule has 0 saturated heterocycles. The molecule has 2 aliphatic rings. The van der Waals surface area contributed by atoms with Crippen LogP contribution < -0.4 is 5.32 Å². The number of rotatable bonds is 5. The normalized spacial score (nSPS) is 22.1. The molecule has 1 aliphatic heterocycles.